The Labute approximate surface area is 133 Å². The summed E-state index contributed by atoms with van der Waals surface area (Å²) in [6.07, 6.45) is 12.5. The smallest absolute Gasteiger partial charge is 0.157 e. The summed E-state index contributed by atoms with van der Waals surface area (Å²) in [7, 11) is 0. The SMILES string of the molecule is CC1CCCC2(CSC(=NCCOC3CCCCC3)N2)C1. The first kappa shape index (κ1) is 15.7. The van der Waals surface area contributed by atoms with Crippen LogP contribution in [0.1, 0.15) is 64.7 Å². The lowest BCUT2D eigenvalue weighted by Gasteiger charge is -2.36. The number of hydrogen-bond donors (Lipinski definition) is 1. The third-order valence-electron chi connectivity index (χ3n) is 5.20. The van der Waals surface area contributed by atoms with Gasteiger partial charge in [-0.3, -0.25) is 4.99 Å². The molecule has 2 saturated carbocycles. The zero-order valence-corrected chi connectivity index (χ0v) is 14.2. The van der Waals surface area contributed by atoms with Crippen molar-refractivity contribution in [2.45, 2.75) is 76.4 Å². The van der Waals surface area contributed by atoms with Crippen molar-refractivity contribution >= 4 is 16.9 Å². The van der Waals surface area contributed by atoms with E-state index in [2.05, 4.69) is 12.2 Å². The molecule has 4 heteroatoms. The highest BCUT2D eigenvalue weighted by atomic mass is 32.2. The lowest BCUT2D eigenvalue weighted by atomic mass is 9.78. The van der Waals surface area contributed by atoms with Crippen molar-refractivity contribution in [1.29, 1.82) is 0 Å². The zero-order chi connectivity index (χ0) is 14.5. The van der Waals surface area contributed by atoms with Crippen molar-refractivity contribution in [3.8, 4) is 0 Å². The van der Waals surface area contributed by atoms with Crippen LogP contribution in [-0.4, -0.2) is 35.7 Å². The summed E-state index contributed by atoms with van der Waals surface area (Å²) in [6, 6.07) is 0. The summed E-state index contributed by atoms with van der Waals surface area (Å²) < 4.78 is 5.95. The molecule has 1 saturated heterocycles. The van der Waals surface area contributed by atoms with Gasteiger partial charge >= 0.3 is 0 Å². The molecular weight excluding hydrogens is 280 g/mol. The predicted octanol–water partition coefficient (Wildman–Crippen LogP) is 3.98. The second-order valence-corrected chi connectivity index (χ2v) is 8.18. The first-order valence-electron chi connectivity index (χ1n) is 8.83. The van der Waals surface area contributed by atoms with Gasteiger partial charge in [0.1, 0.15) is 0 Å². The monoisotopic (exact) mass is 310 g/mol. The normalized spacial score (nSPS) is 36.2. The first-order chi connectivity index (χ1) is 10.3. The van der Waals surface area contributed by atoms with E-state index < -0.39 is 0 Å². The molecule has 3 nitrogen and oxygen atoms in total. The number of hydrogen-bond acceptors (Lipinski definition) is 3. The molecular formula is C17H30N2OS. The molecule has 3 aliphatic rings. The molecule has 1 N–H and O–H groups in total. The van der Waals surface area contributed by atoms with E-state index in [1.807, 2.05) is 11.8 Å². The first-order valence-corrected chi connectivity index (χ1v) is 9.81. The highest BCUT2D eigenvalue weighted by Gasteiger charge is 2.40. The number of ether oxygens (including phenoxy) is 1. The quantitative estimate of drug-likeness (QED) is 0.798. The molecule has 2 atom stereocenters. The Morgan fingerprint density at radius 2 is 2.10 bits per heavy atom. The standard InChI is InChI=1S/C17H30N2OS/c1-14-6-5-9-17(12-14)13-21-16(19-17)18-10-11-20-15-7-3-2-4-8-15/h14-15H,2-13H2,1H3,(H,18,19). The maximum Gasteiger partial charge on any atom is 0.157 e. The van der Waals surface area contributed by atoms with Crippen LogP contribution in [0.3, 0.4) is 0 Å². The number of thioether (sulfide) groups is 1. The third kappa shape index (κ3) is 4.38. The van der Waals surface area contributed by atoms with Gasteiger partial charge in [0.2, 0.25) is 0 Å². The molecule has 2 unspecified atom stereocenters. The minimum absolute atomic E-state index is 0.353. The maximum absolute atomic E-state index is 5.95. The van der Waals surface area contributed by atoms with E-state index in [0.717, 1.165) is 24.2 Å². The molecule has 0 aromatic rings. The second-order valence-electron chi connectivity index (χ2n) is 7.21. The largest absolute Gasteiger partial charge is 0.376 e. The molecule has 1 heterocycles. The van der Waals surface area contributed by atoms with Gasteiger partial charge < -0.3 is 10.1 Å². The summed E-state index contributed by atoms with van der Waals surface area (Å²) >= 11 is 1.92. The highest BCUT2D eigenvalue weighted by Crippen LogP contribution is 2.38. The number of aliphatic imine (C=N–C) groups is 1. The number of nitrogens with zero attached hydrogens (tertiary/aromatic N) is 1. The van der Waals surface area contributed by atoms with Crippen LogP contribution < -0.4 is 5.32 Å². The van der Waals surface area contributed by atoms with E-state index in [9.17, 15) is 0 Å². The van der Waals surface area contributed by atoms with Gasteiger partial charge in [0.05, 0.1) is 19.3 Å². The zero-order valence-electron chi connectivity index (χ0n) is 13.4. The van der Waals surface area contributed by atoms with Crippen molar-refractivity contribution in [1.82, 2.24) is 5.32 Å². The second kappa shape index (κ2) is 7.36. The van der Waals surface area contributed by atoms with Gasteiger partial charge in [0.15, 0.2) is 5.17 Å². The van der Waals surface area contributed by atoms with Crippen LogP contribution in [0.2, 0.25) is 0 Å². The lowest BCUT2D eigenvalue weighted by Crippen LogP contribution is -2.47. The van der Waals surface area contributed by atoms with Gasteiger partial charge in [-0.2, -0.15) is 0 Å². The Balaban J connectivity index is 1.39. The molecule has 0 aromatic carbocycles. The Morgan fingerprint density at radius 1 is 1.24 bits per heavy atom. The predicted molar refractivity (Wildman–Crippen MR) is 91.1 cm³/mol. The molecule has 0 bridgehead atoms. The third-order valence-corrected chi connectivity index (χ3v) is 6.40. The summed E-state index contributed by atoms with van der Waals surface area (Å²) in [6.45, 7) is 4.00. The molecule has 0 radical (unpaired) electrons. The Hall–Kier alpha value is -0.220. The van der Waals surface area contributed by atoms with Gasteiger partial charge in [-0.05, 0) is 31.6 Å². The van der Waals surface area contributed by atoms with Crippen LogP contribution in [0, 0.1) is 5.92 Å². The van der Waals surface area contributed by atoms with Crippen molar-refractivity contribution in [3.05, 3.63) is 0 Å². The molecule has 2 aliphatic carbocycles. The average Bonchev–Trinajstić information content (AvgIpc) is 2.87. The summed E-state index contributed by atoms with van der Waals surface area (Å²) in [4.78, 5) is 4.73. The van der Waals surface area contributed by atoms with Crippen LogP contribution in [0.15, 0.2) is 4.99 Å². The molecule has 3 fully saturated rings. The highest BCUT2D eigenvalue weighted by molar-refractivity contribution is 8.14. The molecule has 1 spiro atoms. The molecule has 120 valence electrons. The van der Waals surface area contributed by atoms with Crippen LogP contribution in [0.25, 0.3) is 0 Å². The molecule has 0 amide bonds. The number of amidine groups is 1. The van der Waals surface area contributed by atoms with Gasteiger partial charge in [0, 0.05) is 11.3 Å². The Morgan fingerprint density at radius 3 is 2.90 bits per heavy atom. The van der Waals surface area contributed by atoms with E-state index in [1.165, 1.54) is 63.5 Å². The van der Waals surface area contributed by atoms with Crippen LogP contribution in [0.4, 0.5) is 0 Å². The van der Waals surface area contributed by atoms with E-state index in [4.69, 9.17) is 9.73 Å². The van der Waals surface area contributed by atoms with Crippen LogP contribution in [-0.2, 0) is 4.74 Å². The fourth-order valence-corrected chi connectivity index (χ4v) is 5.31. The molecule has 21 heavy (non-hydrogen) atoms. The Kier molecular flexibility index (Phi) is 5.49. The topological polar surface area (TPSA) is 33.6 Å². The van der Waals surface area contributed by atoms with Gasteiger partial charge in [-0.25, -0.2) is 0 Å². The Bertz CT molecular complexity index is 368. The fraction of sp³-hybridized carbons (Fsp3) is 0.941. The van der Waals surface area contributed by atoms with E-state index in [-0.39, 0.29) is 0 Å². The van der Waals surface area contributed by atoms with Gasteiger partial charge in [0.25, 0.3) is 0 Å². The minimum atomic E-state index is 0.353. The summed E-state index contributed by atoms with van der Waals surface area (Å²) in [5.41, 5.74) is 0.353. The minimum Gasteiger partial charge on any atom is -0.376 e. The van der Waals surface area contributed by atoms with E-state index >= 15 is 0 Å². The lowest BCUT2D eigenvalue weighted by molar-refractivity contribution is 0.0335. The van der Waals surface area contributed by atoms with Crippen molar-refractivity contribution in [2.75, 3.05) is 18.9 Å². The van der Waals surface area contributed by atoms with E-state index in [0.29, 0.717) is 11.6 Å². The molecule has 0 aromatic heterocycles. The van der Waals surface area contributed by atoms with Crippen molar-refractivity contribution in [3.63, 3.8) is 0 Å². The fourth-order valence-electron chi connectivity index (χ4n) is 4.09. The van der Waals surface area contributed by atoms with Crippen molar-refractivity contribution in [2.24, 2.45) is 10.9 Å². The van der Waals surface area contributed by atoms with Gasteiger partial charge in [-0.15, -0.1) is 0 Å². The van der Waals surface area contributed by atoms with Gasteiger partial charge in [-0.1, -0.05) is 50.8 Å². The molecule has 1 aliphatic heterocycles. The number of nitrogens with one attached hydrogen (secondary N) is 1. The van der Waals surface area contributed by atoms with Crippen LogP contribution in [0.5, 0.6) is 0 Å². The van der Waals surface area contributed by atoms with Crippen LogP contribution >= 0.6 is 11.8 Å². The van der Waals surface area contributed by atoms with E-state index in [1.54, 1.807) is 0 Å². The average molecular weight is 311 g/mol. The summed E-state index contributed by atoms with van der Waals surface area (Å²) in [5, 5.41) is 4.90. The summed E-state index contributed by atoms with van der Waals surface area (Å²) in [5.74, 6) is 2.07. The molecule has 3 rings (SSSR count). The maximum atomic E-state index is 5.95. The van der Waals surface area contributed by atoms with Crippen molar-refractivity contribution < 1.29 is 4.74 Å². The number of rotatable bonds is 4.